The molecule has 0 heterocycles. The molecule has 0 amide bonds. The van der Waals surface area contributed by atoms with Crippen molar-refractivity contribution in [2.45, 2.75) is 11.8 Å². The van der Waals surface area contributed by atoms with E-state index < -0.39 is 20.7 Å². The van der Waals surface area contributed by atoms with Crippen LogP contribution in [0.25, 0.3) is 0 Å². The van der Waals surface area contributed by atoms with E-state index in [4.69, 9.17) is 10.5 Å². The monoisotopic (exact) mass is 340 g/mol. The zero-order valence-corrected chi connectivity index (χ0v) is 12.1. The third kappa shape index (κ3) is 3.91. The van der Waals surface area contributed by atoms with Gasteiger partial charge in [-0.3, -0.25) is 0 Å². The van der Waals surface area contributed by atoms with E-state index in [0.717, 1.165) is 12.1 Å². The van der Waals surface area contributed by atoms with Crippen LogP contribution in [-0.2, 0) is 14.8 Å². The molecule has 0 saturated carbocycles. The van der Waals surface area contributed by atoms with E-state index in [1.807, 2.05) is 0 Å². The Kier molecular flexibility index (Phi) is 5.51. The third-order valence-electron chi connectivity index (χ3n) is 2.08. The molecule has 0 aliphatic heterocycles. The first-order chi connectivity index (χ1) is 8.38. The highest BCUT2D eigenvalue weighted by Crippen LogP contribution is 2.25. The molecule has 18 heavy (non-hydrogen) atoms. The van der Waals surface area contributed by atoms with Crippen molar-refractivity contribution in [2.75, 3.05) is 25.5 Å². The minimum atomic E-state index is -3.92. The number of hydrogen-bond acceptors (Lipinski definition) is 4. The largest absolute Gasteiger partial charge is 0.398 e. The first-order valence-electron chi connectivity index (χ1n) is 5.20. The second-order valence-corrected chi connectivity index (χ2v) is 5.99. The van der Waals surface area contributed by atoms with E-state index in [9.17, 15) is 12.8 Å². The van der Waals surface area contributed by atoms with E-state index in [-0.39, 0.29) is 18.8 Å². The van der Waals surface area contributed by atoms with Gasteiger partial charge in [-0.15, -0.1) is 0 Å². The molecular formula is C10H14BrFN2O3S. The highest BCUT2D eigenvalue weighted by molar-refractivity contribution is 9.10. The molecule has 0 atom stereocenters. The van der Waals surface area contributed by atoms with Gasteiger partial charge in [-0.1, -0.05) is 0 Å². The van der Waals surface area contributed by atoms with Crippen LogP contribution in [0, 0.1) is 5.82 Å². The molecule has 0 aromatic heterocycles. The molecule has 1 rings (SSSR count). The van der Waals surface area contributed by atoms with Gasteiger partial charge >= 0.3 is 0 Å². The summed E-state index contributed by atoms with van der Waals surface area (Å²) >= 11 is 3.02. The second-order valence-electron chi connectivity index (χ2n) is 3.40. The summed E-state index contributed by atoms with van der Waals surface area (Å²) in [6.07, 6.45) is 0. The lowest BCUT2D eigenvalue weighted by molar-refractivity contribution is 0.153. The Morgan fingerprint density at radius 1 is 1.50 bits per heavy atom. The molecule has 8 heteroatoms. The summed E-state index contributed by atoms with van der Waals surface area (Å²) in [5.74, 6) is -0.861. The smallest absolute Gasteiger partial charge is 0.243 e. The first-order valence-corrected chi connectivity index (χ1v) is 7.48. The minimum Gasteiger partial charge on any atom is -0.398 e. The molecular weight excluding hydrogens is 327 g/mol. The lowest BCUT2D eigenvalue weighted by Crippen LogP contribution is -2.28. The van der Waals surface area contributed by atoms with Crippen LogP contribution in [0.5, 0.6) is 0 Å². The van der Waals surface area contributed by atoms with Gasteiger partial charge in [0.2, 0.25) is 10.0 Å². The van der Waals surface area contributed by atoms with E-state index in [0.29, 0.717) is 11.1 Å². The van der Waals surface area contributed by atoms with Gasteiger partial charge < -0.3 is 10.5 Å². The molecule has 5 nitrogen and oxygen atoms in total. The van der Waals surface area contributed by atoms with E-state index in [1.165, 1.54) is 0 Å². The number of hydrogen-bond donors (Lipinski definition) is 2. The average Bonchev–Trinajstić information content (AvgIpc) is 2.29. The maximum absolute atomic E-state index is 13.6. The zero-order chi connectivity index (χ0) is 13.8. The molecule has 0 saturated heterocycles. The number of halogens is 2. The number of nitrogens with one attached hydrogen (secondary N) is 1. The zero-order valence-electron chi connectivity index (χ0n) is 9.74. The topological polar surface area (TPSA) is 81.4 Å². The Labute approximate surface area is 114 Å². The summed E-state index contributed by atoms with van der Waals surface area (Å²) in [5, 5.41) is 0. The Balaban J connectivity index is 2.88. The van der Waals surface area contributed by atoms with Crippen molar-refractivity contribution in [1.82, 2.24) is 4.72 Å². The Morgan fingerprint density at radius 2 is 2.17 bits per heavy atom. The van der Waals surface area contributed by atoms with Gasteiger partial charge in [-0.25, -0.2) is 17.5 Å². The maximum atomic E-state index is 13.6. The molecule has 3 N–H and O–H groups in total. The maximum Gasteiger partial charge on any atom is 0.243 e. The van der Waals surface area contributed by atoms with Crippen LogP contribution in [0.2, 0.25) is 0 Å². The van der Waals surface area contributed by atoms with Crippen molar-refractivity contribution in [3.63, 3.8) is 0 Å². The van der Waals surface area contributed by atoms with Crippen LogP contribution in [0.4, 0.5) is 10.1 Å². The van der Waals surface area contributed by atoms with Crippen molar-refractivity contribution in [1.29, 1.82) is 0 Å². The van der Waals surface area contributed by atoms with Gasteiger partial charge in [-0.2, -0.15) is 0 Å². The molecule has 0 aliphatic carbocycles. The molecule has 1 aromatic carbocycles. The van der Waals surface area contributed by atoms with Gasteiger partial charge in [0.1, 0.15) is 10.7 Å². The summed E-state index contributed by atoms with van der Waals surface area (Å²) < 4.78 is 44.7. The number of nitrogen functional groups attached to an aromatic ring is 1. The van der Waals surface area contributed by atoms with Crippen molar-refractivity contribution in [3.8, 4) is 0 Å². The standard InChI is InChI=1S/C10H14BrFN2O3S/c1-2-17-4-3-14-18(15,16)10-6-9(13)7(11)5-8(10)12/h5-6,14H,2-4,13H2,1H3. The lowest BCUT2D eigenvalue weighted by atomic mass is 10.3. The summed E-state index contributed by atoms with van der Waals surface area (Å²) in [5.41, 5.74) is 5.69. The number of sulfonamides is 1. The number of nitrogens with two attached hydrogens (primary N) is 1. The van der Waals surface area contributed by atoms with E-state index in [1.54, 1.807) is 6.92 Å². The summed E-state index contributed by atoms with van der Waals surface area (Å²) in [7, 11) is -3.92. The summed E-state index contributed by atoms with van der Waals surface area (Å²) in [6.45, 7) is 2.58. The number of ether oxygens (including phenoxy) is 1. The lowest BCUT2D eigenvalue weighted by Gasteiger charge is -2.09. The minimum absolute atomic E-state index is 0.0750. The highest BCUT2D eigenvalue weighted by atomic mass is 79.9. The fraction of sp³-hybridized carbons (Fsp3) is 0.400. The average molecular weight is 341 g/mol. The van der Waals surface area contributed by atoms with Crippen molar-refractivity contribution >= 4 is 31.6 Å². The van der Waals surface area contributed by atoms with Crippen LogP contribution in [0.1, 0.15) is 6.92 Å². The number of rotatable bonds is 6. The van der Waals surface area contributed by atoms with Gasteiger partial charge in [0.15, 0.2) is 0 Å². The van der Waals surface area contributed by atoms with Gasteiger partial charge in [0.25, 0.3) is 0 Å². The molecule has 0 bridgehead atoms. The molecule has 0 unspecified atom stereocenters. The molecule has 102 valence electrons. The molecule has 0 radical (unpaired) electrons. The van der Waals surface area contributed by atoms with Gasteiger partial charge in [-0.05, 0) is 35.0 Å². The Hall–Kier alpha value is -0.700. The van der Waals surface area contributed by atoms with Crippen LogP contribution in [0.3, 0.4) is 0 Å². The van der Waals surface area contributed by atoms with Crippen LogP contribution >= 0.6 is 15.9 Å². The molecule has 1 aromatic rings. The second kappa shape index (κ2) is 6.46. The summed E-state index contributed by atoms with van der Waals surface area (Å²) in [4.78, 5) is -0.473. The quantitative estimate of drug-likeness (QED) is 0.607. The predicted octanol–water partition coefficient (Wildman–Crippen LogP) is 1.49. The molecule has 0 fully saturated rings. The van der Waals surface area contributed by atoms with Gasteiger partial charge in [0, 0.05) is 23.3 Å². The third-order valence-corrected chi connectivity index (χ3v) is 4.25. The van der Waals surface area contributed by atoms with Crippen molar-refractivity contribution in [3.05, 3.63) is 22.4 Å². The Bertz CT molecular complexity index is 522. The van der Waals surface area contributed by atoms with Crippen molar-refractivity contribution in [2.24, 2.45) is 0 Å². The van der Waals surface area contributed by atoms with E-state index in [2.05, 4.69) is 20.7 Å². The first kappa shape index (κ1) is 15.4. The number of benzene rings is 1. The van der Waals surface area contributed by atoms with Gasteiger partial charge in [0.05, 0.1) is 6.61 Å². The van der Waals surface area contributed by atoms with Crippen LogP contribution in [0.15, 0.2) is 21.5 Å². The Morgan fingerprint density at radius 3 is 2.78 bits per heavy atom. The highest BCUT2D eigenvalue weighted by Gasteiger charge is 2.20. The molecule has 0 aliphatic rings. The van der Waals surface area contributed by atoms with E-state index >= 15 is 0 Å². The fourth-order valence-electron chi connectivity index (χ4n) is 1.22. The van der Waals surface area contributed by atoms with Crippen LogP contribution < -0.4 is 10.5 Å². The van der Waals surface area contributed by atoms with Crippen molar-refractivity contribution < 1.29 is 17.5 Å². The normalized spacial score (nSPS) is 11.7. The summed E-state index contributed by atoms with van der Waals surface area (Å²) in [6, 6.07) is 2.09. The molecule has 0 spiro atoms. The number of anilines is 1. The van der Waals surface area contributed by atoms with Crippen LogP contribution in [-0.4, -0.2) is 28.2 Å². The predicted molar refractivity (Wildman–Crippen MR) is 70.2 cm³/mol. The SMILES string of the molecule is CCOCCNS(=O)(=O)c1cc(N)c(Br)cc1F. The fourth-order valence-corrected chi connectivity index (χ4v) is 2.64.